The van der Waals surface area contributed by atoms with Crippen molar-refractivity contribution in [3.05, 3.63) is 51.2 Å². The molecule has 1 aromatic carbocycles. The minimum atomic E-state index is -0.245. The standard InChI is InChI=1S/C20H26FN3OS/c1-14-18(19(25)22-13-20(24(2)3)10-4-5-11-20)26-17(23-14)12-15-6-8-16(21)9-7-15/h6-9H,4-5,10-13H2,1-3H3,(H,22,25). The Hall–Kier alpha value is -1.79. The number of amides is 1. The van der Waals surface area contributed by atoms with Crippen LogP contribution in [0, 0.1) is 12.7 Å². The molecule has 1 heterocycles. The second kappa shape index (κ2) is 7.84. The summed E-state index contributed by atoms with van der Waals surface area (Å²) < 4.78 is 13.0. The summed E-state index contributed by atoms with van der Waals surface area (Å²) in [6.45, 7) is 2.54. The van der Waals surface area contributed by atoms with Gasteiger partial charge in [-0.3, -0.25) is 4.79 Å². The van der Waals surface area contributed by atoms with Crippen molar-refractivity contribution in [3.63, 3.8) is 0 Å². The second-order valence-electron chi connectivity index (χ2n) is 7.33. The first kappa shape index (κ1) is 19.0. The Balaban J connectivity index is 1.66. The highest BCUT2D eigenvalue weighted by Crippen LogP contribution is 2.33. The van der Waals surface area contributed by atoms with Gasteiger partial charge in [-0.1, -0.05) is 25.0 Å². The number of rotatable bonds is 6. The average molecular weight is 376 g/mol. The predicted molar refractivity (Wildman–Crippen MR) is 103 cm³/mol. The highest BCUT2D eigenvalue weighted by Gasteiger charge is 2.36. The van der Waals surface area contributed by atoms with Crippen LogP contribution in [0.3, 0.4) is 0 Å². The van der Waals surface area contributed by atoms with Crippen LogP contribution in [-0.2, 0) is 6.42 Å². The van der Waals surface area contributed by atoms with Gasteiger partial charge in [0.15, 0.2) is 0 Å². The van der Waals surface area contributed by atoms with Gasteiger partial charge in [-0.05, 0) is 51.6 Å². The van der Waals surface area contributed by atoms with Gasteiger partial charge in [-0.2, -0.15) is 0 Å². The molecule has 0 atom stereocenters. The minimum absolute atomic E-state index is 0.0431. The Morgan fingerprint density at radius 3 is 2.54 bits per heavy atom. The van der Waals surface area contributed by atoms with E-state index in [9.17, 15) is 9.18 Å². The number of aryl methyl sites for hydroxylation is 1. The van der Waals surface area contributed by atoms with Crippen molar-refractivity contribution in [2.24, 2.45) is 0 Å². The third-order valence-corrected chi connectivity index (χ3v) is 6.53. The van der Waals surface area contributed by atoms with E-state index in [1.807, 2.05) is 6.92 Å². The number of carbonyl (C=O) groups excluding carboxylic acids is 1. The van der Waals surface area contributed by atoms with Crippen molar-refractivity contribution in [3.8, 4) is 0 Å². The number of benzene rings is 1. The lowest BCUT2D eigenvalue weighted by Gasteiger charge is -2.36. The number of thiazole rings is 1. The summed E-state index contributed by atoms with van der Waals surface area (Å²) in [5.41, 5.74) is 1.82. The zero-order valence-corrected chi connectivity index (χ0v) is 16.5. The molecule has 1 aliphatic rings. The van der Waals surface area contributed by atoms with Crippen LogP contribution in [0.15, 0.2) is 24.3 Å². The second-order valence-corrected chi connectivity index (χ2v) is 8.42. The molecule has 0 unspecified atom stereocenters. The highest BCUT2D eigenvalue weighted by atomic mass is 32.1. The first-order valence-corrected chi connectivity index (χ1v) is 9.88. The summed E-state index contributed by atoms with van der Waals surface area (Å²) in [6.07, 6.45) is 5.29. The maximum atomic E-state index is 13.0. The fraction of sp³-hybridized carbons (Fsp3) is 0.500. The van der Waals surface area contributed by atoms with E-state index in [2.05, 4.69) is 29.3 Å². The van der Waals surface area contributed by atoms with E-state index < -0.39 is 0 Å². The maximum Gasteiger partial charge on any atom is 0.263 e. The van der Waals surface area contributed by atoms with Crippen LogP contribution in [-0.4, -0.2) is 42.0 Å². The first-order chi connectivity index (χ1) is 12.4. The van der Waals surface area contributed by atoms with Crippen molar-refractivity contribution < 1.29 is 9.18 Å². The van der Waals surface area contributed by atoms with E-state index in [0.717, 1.165) is 29.1 Å². The minimum Gasteiger partial charge on any atom is -0.349 e. The van der Waals surface area contributed by atoms with Gasteiger partial charge in [0, 0.05) is 18.5 Å². The Kier molecular flexibility index (Phi) is 5.73. The molecule has 1 saturated carbocycles. The topological polar surface area (TPSA) is 45.2 Å². The average Bonchev–Trinajstić information content (AvgIpc) is 3.22. The van der Waals surface area contributed by atoms with Gasteiger partial charge >= 0.3 is 0 Å². The van der Waals surface area contributed by atoms with Crippen LogP contribution in [0.2, 0.25) is 0 Å². The number of halogens is 1. The molecule has 6 heteroatoms. The molecule has 0 bridgehead atoms. The van der Waals surface area contributed by atoms with Crippen molar-refractivity contribution in [1.29, 1.82) is 0 Å². The molecule has 3 rings (SSSR count). The van der Waals surface area contributed by atoms with Crippen LogP contribution >= 0.6 is 11.3 Å². The molecule has 0 saturated heterocycles. The summed E-state index contributed by atoms with van der Waals surface area (Å²) in [6, 6.07) is 6.41. The molecule has 4 nitrogen and oxygen atoms in total. The number of carbonyl (C=O) groups is 1. The van der Waals surface area contributed by atoms with E-state index in [-0.39, 0.29) is 17.3 Å². The number of hydrogen-bond donors (Lipinski definition) is 1. The van der Waals surface area contributed by atoms with Crippen molar-refractivity contribution in [2.75, 3.05) is 20.6 Å². The molecule has 1 amide bonds. The van der Waals surface area contributed by atoms with Gasteiger partial charge in [0.2, 0.25) is 0 Å². The third kappa shape index (κ3) is 4.13. The van der Waals surface area contributed by atoms with Gasteiger partial charge < -0.3 is 10.2 Å². The lowest BCUT2D eigenvalue weighted by atomic mass is 9.96. The Morgan fingerprint density at radius 1 is 1.27 bits per heavy atom. The van der Waals surface area contributed by atoms with Crippen LogP contribution in [0.5, 0.6) is 0 Å². The van der Waals surface area contributed by atoms with E-state index in [1.165, 1.54) is 36.3 Å². The molecule has 2 aromatic rings. The molecular formula is C20H26FN3OS. The van der Waals surface area contributed by atoms with Crippen LogP contribution in [0.4, 0.5) is 4.39 Å². The fourth-order valence-corrected chi connectivity index (χ4v) is 4.67. The summed E-state index contributed by atoms with van der Waals surface area (Å²) in [4.78, 5) is 20.1. The highest BCUT2D eigenvalue weighted by molar-refractivity contribution is 7.13. The van der Waals surface area contributed by atoms with Crippen molar-refractivity contribution in [1.82, 2.24) is 15.2 Å². The molecule has 1 N–H and O–H groups in total. The van der Waals surface area contributed by atoms with Crippen LogP contribution < -0.4 is 5.32 Å². The predicted octanol–water partition coefficient (Wildman–Crippen LogP) is 3.79. The van der Waals surface area contributed by atoms with E-state index in [1.54, 1.807) is 12.1 Å². The molecule has 1 aromatic heterocycles. The summed E-state index contributed by atoms with van der Waals surface area (Å²) >= 11 is 1.43. The monoisotopic (exact) mass is 375 g/mol. The largest absolute Gasteiger partial charge is 0.349 e. The zero-order chi connectivity index (χ0) is 18.7. The SMILES string of the molecule is Cc1nc(Cc2ccc(F)cc2)sc1C(=O)NCC1(N(C)C)CCCC1. The van der Waals surface area contributed by atoms with Gasteiger partial charge in [-0.15, -0.1) is 11.3 Å². The smallest absolute Gasteiger partial charge is 0.263 e. The molecule has 140 valence electrons. The van der Waals surface area contributed by atoms with Gasteiger partial charge in [-0.25, -0.2) is 9.37 Å². The third-order valence-electron chi connectivity index (χ3n) is 5.38. The van der Waals surface area contributed by atoms with Crippen molar-refractivity contribution >= 4 is 17.2 Å². The maximum absolute atomic E-state index is 13.0. The Bertz CT molecular complexity index is 764. The molecule has 0 radical (unpaired) electrons. The van der Waals surface area contributed by atoms with E-state index in [0.29, 0.717) is 17.8 Å². The summed E-state index contributed by atoms with van der Waals surface area (Å²) in [5, 5.41) is 4.01. The summed E-state index contributed by atoms with van der Waals surface area (Å²) in [7, 11) is 4.19. The van der Waals surface area contributed by atoms with E-state index in [4.69, 9.17) is 0 Å². The van der Waals surface area contributed by atoms with Gasteiger partial charge in [0.05, 0.1) is 10.7 Å². The van der Waals surface area contributed by atoms with Crippen molar-refractivity contribution in [2.45, 2.75) is 44.6 Å². The molecular weight excluding hydrogens is 349 g/mol. The number of nitrogens with zero attached hydrogens (tertiary/aromatic N) is 2. The summed E-state index contributed by atoms with van der Waals surface area (Å²) in [5.74, 6) is -0.288. The molecule has 0 aliphatic heterocycles. The normalized spacial score (nSPS) is 16.2. The van der Waals surface area contributed by atoms with Crippen LogP contribution in [0.1, 0.15) is 51.6 Å². The zero-order valence-electron chi connectivity index (χ0n) is 15.6. The molecule has 1 fully saturated rings. The Labute approximate surface area is 158 Å². The fourth-order valence-electron chi connectivity index (χ4n) is 3.66. The van der Waals surface area contributed by atoms with Gasteiger partial charge in [0.25, 0.3) is 5.91 Å². The first-order valence-electron chi connectivity index (χ1n) is 9.06. The number of nitrogens with one attached hydrogen (secondary N) is 1. The molecule has 26 heavy (non-hydrogen) atoms. The number of hydrogen-bond acceptors (Lipinski definition) is 4. The molecule has 0 spiro atoms. The Morgan fingerprint density at radius 2 is 1.92 bits per heavy atom. The van der Waals surface area contributed by atoms with Gasteiger partial charge in [0.1, 0.15) is 10.7 Å². The molecule has 1 aliphatic carbocycles. The lowest BCUT2D eigenvalue weighted by molar-refractivity contribution is 0.0903. The quantitative estimate of drug-likeness (QED) is 0.836. The number of aromatic nitrogens is 1. The lowest BCUT2D eigenvalue weighted by Crippen LogP contribution is -2.50. The van der Waals surface area contributed by atoms with Crippen LogP contribution in [0.25, 0.3) is 0 Å². The van der Waals surface area contributed by atoms with E-state index >= 15 is 0 Å². The number of likely N-dealkylation sites (N-methyl/N-ethyl adjacent to an activating group) is 1.